The van der Waals surface area contributed by atoms with E-state index in [2.05, 4.69) is 4.98 Å². The summed E-state index contributed by atoms with van der Waals surface area (Å²) in [5.41, 5.74) is 8.13. The van der Waals surface area contributed by atoms with Gasteiger partial charge in [0.25, 0.3) is 0 Å². The summed E-state index contributed by atoms with van der Waals surface area (Å²) in [6, 6.07) is 3.60. The van der Waals surface area contributed by atoms with Crippen LogP contribution in [-0.4, -0.2) is 36.6 Å². The molecule has 1 aromatic carbocycles. The number of ether oxygens (including phenoxy) is 1. The highest BCUT2D eigenvalue weighted by atomic mass is 32.2. The topological polar surface area (TPSA) is 87.2 Å². The second kappa shape index (κ2) is 4.37. The van der Waals surface area contributed by atoms with E-state index in [4.69, 9.17) is 10.5 Å². The van der Waals surface area contributed by atoms with Crippen molar-refractivity contribution in [1.82, 2.24) is 9.55 Å². The minimum absolute atomic E-state index is 0.0374. The Kier molecular flexibility index (Phi) is 2.89. The maximum Gasteiger partial charge on any atom is 0.151 e. The van der Waals surface area contributed by atoms with Crippen LogP contribution in [0.3, 0.4) is 0 Å². The summed E-state index contributed by atoms with van der Waals surface area (Å²) in [4.78, 5) is 4.57. The molecule has 3 rings (SSSR count). The van der Waals surface area contributed by atoms with Crippen molar-refractivity contribution in [2.24, 2.45) is 7.05 Å². The number of sulfone groups is 1. The number of nitrogens with zero attached hydrogens (tertiary/aromatic N) is 2. The largest absolute Gasteiger partial charge is 0.495 e. The van der Waals surface area contributed by atoms with E-state index < -0.39 is 9.84 Å². The molecule has 1 aromatic heterocycles. The lowest BCUT2D eigenvalue weighted by Crippen LogP contribution is -2.08. The third-order valence-corrected chi connectivity index (χ3v) is 5.63. The molecule has 20 heavy (non-hydrogen) atoms. The Morgan fingerprint density at radius 1 is 1.45 bits per heavy atom. The standard InChI is InChI=1S/C13H17N3O3S/c1-16-11-5-9(14)12(19-2)6-10(11)15-13(16)8-3-4-20(17,18)7-8/h5-6,8H,3-4,7,14H2,1-2H3. The van der Waals surface area contributed by atoms with Gasteiger partial charge >= 0.3 is 0 Å². The van der Waals surface area contributed by atoms with E-state index in [9.17, 15) is 8.42 Å². The molecule has 1 aliphatic rings. The first kappa shape index (κ1) is 13.2. The van der Waals surface area contributed by atoms with E-state index in [0.717, 1.165) is 16.9 Å². The van der Waals surface area contributed by atoms with Gasteiger partial charge in [0.05, 0.1) is 35.3 Å². The molecule has 2 aromatic rings. The number of aromatic nitrogens is 2. The van der Waals surface area contributed by atoms with Crippen molar-refractivity contribution >= 4 is 26.6 Å². The van der Waals surface area contributed by atoms with Crippen molar-refractivity contribution in [2.45, 2.75) is 12.3 Å². The summed E-state index contributed by atoms with van der Waals surface area (Å²) in [7, 11) is 0.529. The number of aryl methyl sites for hydroxylation is 1. The number of hydrogen-bond donors (Lipinski definition) is 1. The van der Waals surface area contributed by atoms with Crippen LogP contribution in [0.1, 0.15) is 18.2 Å². The van der Waals surface area contributed by atoms with Gasteiger partial charge in [-0.3, -0.25) is 0 Å². The summed E-state index contributed by atoms with van der Waals surface area (Å²) in [6.07, 6.45) is 0.631. The molecule has 0 spiro atoms. The lowest BCUT2D eigenvalue weighted by molar-refractivity contribution is 0.417. The van der Waals surface area contributed by atoms with Crippen LogP contribution in [0.4, 0.5) is 5.69 Å². The molecule has 6 nitrogen and oxygen atoms in total. The first-order valence-electron chi connectivity index (χ1n) is 6.41. The highest BCUT2D eigenvalue weighted by Gasteiger charge is 2.32. The number of hydrogen-bond acceptors (Lipinski definition) is 5. The minimum atomic E-state index is -2.92. The van der Waals surface area contributed by atoms with E-state index in [1.165, 1.54) is 0 Å². The predicted octanol–water partition coefficient (Wildman–Crippen LogP) is 1.07. The number of rotatable bonds is 2. The summed E-state index contributed by atoms with van der Waals surface area (Å²) >= 11 is 0. The van der Waals surface area contributed by atoms with Crippen LogP contribution in [0, 0.1) is 0 Å². The van der Waals surface area contributed by atoms with Crippen molar-refractivity contribution in [3.8, 4) is 5.75 Å². The fourth-order valence-corrected chi connectivity index (χ4v) is 4.53. The zero-order valence-corrected chi connectivity index (χ0v) is 12.3. The Balaban J connectivity index is 2.11. The van der Waals surface area contributed by atoms with E-state index >= 15 is 0 Å². The zero-order chi connectivity index (χ0) is 14.5. The molecule has 1 fully saturated rings. The van der Waals surface area contributed by atoms with Crippen LogP contribution in [0.25, 0.3) is 11.0 Å². The Morgan fingerprint density at radius 2 is 2.20 bits per heavy atom. The van der Waals surface area contributed by atoms with Gasteiger partial charge in [0.1, 0.15) is 11.6 Å². The summed E-state index contributed by atoms with van der Waals surface area (Å²) in [5, 5.41) is 0. The normalized spacial score (nSPS) is 21.4. The van der Waals surface area contributed by atoms with Crippen LogP contribution in [0.15, 0.2) is 12.1 Å². The quantitative estimate of drug-likeness (QED) is 0.837. The minimum Gasteiger partial charge on any atom is -0.495 e. The lowest BCUT2D eigenvalue weighted by Gasteiger charge is -2.08. The molecule has 0 bridgehead atoms. The monoisotopic (exact) mass is 295 g/mol. The zero-order valence-electron chi connectivity index (χ0n) is 11.5. The molecule has 0 saturated carbocycles. The van der Waals surface area contributed by atoms with E-state index in [0.29, 0.717) is 17.9 Å². The number of nitrogen functional groups attached to an aromatic ring is 1. The first-order chi connectivity index (χ1) is 9.41. The fourth-order valence-electron chi connectivity index (χ4n) is 2.79. The summed E-state index contributed by atoms with van der Waals surface area (Å²) in [5.74, 6) is 1.77. The average Bonchev–Trinajstić information content (AvgIpc) is 2.90. The van der Waals surface area contributed by atoms with Crippen molar-refractivity contribution in [1.29, 1.82) is 0 Å². The van der Waals surface area contributed by atoms with Gasteiger partial charge < -0.3 is 15.0 Å². The van der Waals surface area contributed by atoms with Gasteiger partial charge in [0.15, 0.2) is 9.84 Å². The molecular formula is C13H17N3O3S. The average molecular weight is 295 g/mol. The van der Waals surface area contributed by atoms with Crippen molar-refractivity contribution < 1.29 is 13.2 Å². The smallest absolute Gasteiger partial charge is 0.151 e. The second-order valence-electron chi connectivity index (χ2n) is 5.21. The molecular weight excluding hydrogens is 278 g/mol. The van der Waals surface area contributed by atoms with Gasteiger partial charge in [-0.15, -0.1) is 0 Å². The molecule has 1 unspecified atom stereocenters. The highest BCUT2D eigenvalue weighted by Crippen LogP contribution is 2.33. The molecule has 1 aliphatic heterocycles. The molecule has 0 aliphatic carbocycles. The molecule has 2 heterocycles. The van der Waals surface area contributed by atoms with Crippen molar-refractivity contribution in [2.75, 3.05) is 24.3 Å². The van der Waals surface area contributed by atoms with Crippen molar-refractivity contribution in [3.05, 3.63) is 18.0 Å². The third-order valence-electron chi connectivity index (χ3n) is 3.86. The van der Waals surface area contributed by atoms with E-state index in [-0.39, 0.29) is 17.4 Å². The second-order valence-corrected chi connectivity index (χ2v) is 7.44. The van der Waals surface area contributed by atoms with Gasteiger partial charge in [-0.05, 0) is 12.5 Å². The molecule has 1 atom stereocenters. The van der Waals surface area contributed by atoms with Gasteiger partial charge in [-0.25, -0.2) is 13.4 Å². The molecule has 7 heteroatoms. The molecule has 108 valence electrons. The van der Waals surface area contributed by atoms with Crippen LogP contribution < -0.4 is 10.5 Å². The maximum absolute atomic E-state index is 11.6. The van der Waals surface area contributed by atoms with Gasteiger partial charge in [-0.2, -0.15) is 0 Å². The SMILES string of the molecule is COc1cc2nc(C3CCS(=O)(=O)C3)n(C)c2cc1N. The Labute approximate surface area is 117 Å². The molecule has 2 N–H and O–H groups in total. The molecule has 1 saturated heterocycles. The van der Waals surface area contributed by atoms with Crippen LogP contribution in [0.2, 0.25) is 0 Å². The van der Waals surface area contributed by atoms with Crippen LogP contribution in [-0.2, 0) is 16.9 Å². The third kappa shape index (κ3) is 2.02. The number of anilines is 1. The number of imidazole rings is 1. The number of benzene rings is 1. The van der Waals surface area contributed by atoms with Crippen molar-refractivity contribution in [3.63, 3.8) is 0 Å². The summed E-state index contributed by atoms with van der Waals surface area (Å²) < 4.78 is 30.4. The first-order valence-corrected chi connectivity index (χ1v) is 8.23. The summed E-state index contributed by atoms with van der Waals surface area (Å²) in [6.45, 7) is 0. The highest BCUT2D eigenvalue weighted by molar-refractivity contribution is 7.91. The molecule has 0 radical (unpaired) electrons. The fraction of sp³-hybridized carbons (Fsp3) is 0.462. The van der Waals surface area contributed by atoms with E-state index in [1.54, 1.807) is 13.2 Å². The van der Waals surface area contributed by atoms with Gasteiger partial charge in [0, 0.05) is 19.0 Å². The number of methoxy groups -OCH3 is 1. The van der Waals surface area contributed by atoms with Crippen LogP contribution in [0.5, 0.6) is 5.75 Å². The lowest BCUT2D eigenvalue weighted by atomic mass is 10.1. The Bertz CT molecular complexity index is 780. The maximum atomic E-state index is 11.6. The molecule has 0 amide bonds. The Morgan fingerprint density at radius 3 is 2.80 bits per heavy atom. The van der Waals surface area contributed by atoms with Gasteiger partial charge in [0.2, 0.25) is 0 Å². The number of nitrogens with two attached hydrogens (primary N) is 1. The van der Waals surface area contributed by atoms with E-state index in [1.807, 2.05) is 17.7 Å². The predicted molar refractivity (Wildman–Crippen MR) is 77.7 cm³/mol. The van der Waals surface area contributed by atoms with Crippen LogP contribution >= 0.6 is 0 Å². The Hall–Kier alpha value is -1.76. The van der Waals surface area contributed by atoms with Gasteiger partial charge in [-0.1, -0.05) is 0 Å². The number of fused-ring (bicyclic) bond motifs is 1.